The summed E-state index contributed by atoms with van der Waals surface area (Å²) in [6.45, 7) is 4.62. The van der Waals surface area contributed by atoms with Gasteiger partial charge in [-0.1, -0.05) is 17.3 Å². The molecule has 2 aromatic rings. The highest BCUT2D eigenvalue weighted by Crippen LogP contribution is 2.38. The quantitative estimate of drug-likeness (QED) is 0.911. The molecule has 3 rings (SSSR count). The number of hydrogen-bond donors (Lipinski definition) is 1. The molecule has 0 amide bonds. The Kier molecular flexibility index (Phi) is 3.30. The van der Waals surface area contributed by atoms with Crippen molar-refractivity contribution >= 4 is 0 Å². The second kappa shape index (κ2) is 4.98. The maximum atomic E-state index is 13.0. The average Bonchev–Trinajstić information content (AvgIpc) is 3.16. The fourth-order valence-electron chi connectivity index (χ4n) is 2.10. The van der Waals surface area contributed by atoms with Gasteiger partial charge in [0.05, 0.1) is 6.54 Å². The summed E-state index contributed by atoms with van der Waals surface area (Å²) in [5.41, 5.74) is 0.735. The van der Waals surface area contributed by atoms with E-state index in [0.29, 0.717) is 18.3 Å². The summed E-state index contributed by atoms with van der Waals surface area (Å²) in [5, 5.41) is 7.36. The van der Waals surface area contributed by atoms with Crippen LogP contribution in [0.25, 0.3) is 0 Å². The van der Waals surface area contributed by atoms with E-state index in [0.717, 1.165) is 24.3 Å². The van der Waals surface area contributed by atoms with Gasteiger partial charge in [-0.05, 0) is 44.4 Å². The van der Waals surface area contributed by atoms with Gasteiger partial charge in [0.15, 0.2) is 5.82 Å². The van der Waals surface area contributed by atoms with Crippen molar-refractivity contribution < 1.29 is 8.91 Å². The third-order valence-corrected chi connectivity index (χ3v) is 3.66. The minimum absolute atomic E-state index is 0.225. The van der Waals surface area contributed by atoms with Crippen LogP contribution in [0.3, 0.4) is 0 Å². The molecule has 4 nitrogen and oxygen atoms in total. The molecule has 0 spiro atoms. The van der Waals surface area contributed by atoms with Gasteiger partial charge in [0, 0.05) is 11.5 Å². The van der Waals surface area contributed by atoms with Crippen molar-refractivity contribution in [3.63, 3.8) is 0 Å². The molecule has 1 fully saturated rings. The van der Waals surface area contributed by atoms with Crippen LogP contribution < -0.4 is 5.32 Å². The van der Waals surface area contributed by atoms with Crippen LogP contribution in [0, 0.1) is 5.82 Å². The fraction of sp³-hybridized carbons (Fsp3) is 0.467. The summed E-state index contributed by atoms with van der Waals surface area (Å²) in [7, 11) is 0. The molecule has 0 saturated heterocycles. The first kappa shape index (κ1) is 13.2. The smallest absolute Gasteiger partial charge is 0.229 e. The lowest BCUT2D eigenvalue weighted by Gasteiger charge is -2.26. The molecule has 106 valence electrons. The Morgan fingerprint density at radius 1 is 1.30 bits per heavy atom. The van der Waals surface area contributed by atoms with Gasteiger partial charge in [0.25, 0.3) is 0 Å². The lowest BCUT2D eigenvalue weighted by Crippen LogP contribution is -2.36. The molecular formula is C15H18FN3O. The minimum Gasteiger partial charge on any atom is -0.339 e. The van der Waals surface area contributed by atoms with Gasteiger partial charge in [-0.2, -0.15) is 4.98 Å². The molecule has 1 aliphatic carbocycles. The van der Waals surface area contributed by atoms with Gasteiger partial charge in [-0.25, -0.2) is 4.39 Å². The summed E-state index contributed by atoms with van der Waals surface area (Å²) in [4.78, 5) is 4.38. The van der Waals surface area contributed by atoms with E-state index < -0.39 is 0 Å². The van der Waals surface area contributed by atoms with Gasteiger partial charge < -0.3 is 9.84 Å². The molecular weight excluding hydrogens is 257 g/mol. The topological polar surface area (TPSA) is 51.0 Å². The Balaban J connectivity index is 1.64. The Labute approximate surface area is 117 Å². The van der Waals surface area contributed by atoms with E-state index in [2.05, 4.69) is 15.5 Å². The highest BCUT2D eigenvalue weighted by Gasteiger charge is 2.30. The third kappa shape index (κ3) is 2.88. The standard InChI is InChI=1S/C15H18FN3O/c1-15(2,11-5-7-12(16)8-6-11)17-9-13-18-14(20-19-13)10-3-4-10/h5-8,10,17H,3-4,9H2,1-2H3. The number of hydrogen-bond acceptors (Lipinski definition) is 4. The molecule has 0 atom stereocenters. The zero-order valence-corrected chi connectivity index (χ0v) is 11.7. The van der Waals surface area contributed by atoms with Crippen LogP contribution in [-0.2, 0) is 12.1 Å². The number of rotatable bonds is 5. The predicted octanol–water partition coefficient (Wildman–Crippen LogP) is 3.11. The predicted molar refractivity (Wildman–Crippen MR) is 72.5 cm³/mol. The van der Waals surface area contributed by atoms with Gasteiger partial charge in [-0.15, -0.1) is 0 Å². The summed E-state index contributed by atoms with van der Waals surface area (Å²) < 4.78 is 18.2. The van der Waals surface area contributed by atoms with Crippen LogP contribution in [0.15, 0.2) is 28.8 Å². The van der Waals surface area contributed by atoms with Crippen LogP contribution in [0.1, 0.15) is 49.9 Å². The van der Waals surface area contributed by atoms with Crippen LogP contribution in [-0.4, -0.2) is 10.1 Å². The van der Waals surface area contributed by atoms with Gasteiger partial charge in [0.1, 0.15) is 5.82 Å². The molecule has 0 aliphatic heterocycles. The monoisotopic (exact) mass is 275 g/mol. The summed E-state index contributed by atoms with van der Waals surface area (Å²) in [6.07, 6.45) is 2.30. The largest absolute Gasteiger partial charge is 0.339 e. The van der Waals surface area contributed by atoms with Gasteiger partial charge >= 0.3 is 0 Å². The molecule has 0 unspecified atom stereocenters. The highest BCUT2D eigenvalue weighted by atomic mass is 19.1. The Bertz CT molecular complexity index is 587. The molecule has 0 bridgehead atoms. The van der Waals surface area contributed by atoms with Crippen LogP contribution in [0.4, 0.5) is 4.39 Å². The van der Waals surface area contributed by atoms with Crippen molar-refractivity contribution in [1.82, 2.24) is 15.5 Å². The van der Waals surface area contributed by atoms with E-state index in [-0.39, 0.29) is 11.4 Å². The van der Waals surface area contributed by atoms with Crippen LogP contribution >= 0.6 is 0 Å². The fourth-order valence-corrected chi connectivity index (χ4v) is 2.10. The highest BCUT2D eigenvalue weighted by molar-refractivity contribution is 5.23. The van der Waals surface area contributed by atoms with E-state index in [1.807, 2.05) is 13.8 Å². The zero-order chi connectivity index (χ0) is 14.2. The van der Waals surface area contributed by atoms with Crippen molar-refractivity contribution in [3.8, 4) is 0 Å². The number of nitrogens with one attached hydrogen (secondary N) is 1. The number of halogens is 1. The normalized spacial score (nSPS) is 15.6. The second-order valence-corrected chi connectivity index (χ2v) is 5.81. The second-order valence-electron chi connectivity index (χ2n) is 5.81. The van der Waals surface area contributed by atoms with Crippen LogP contribution in [0.5, 0.6) is 0 Å². The molecule has 1 aliphatic rings. The molecule has 1 saturated carbocycles. The molecule has 1 heterocycles. The zero-order valence-electron chi connectivity index (χ0n) is 11.7. The lowest BCUT2D eigenvalue weighted by molar-refractivity contribution is 0.359. The Morgan fingerprint density at radius 2 is 2.00 bits per heavy atom. The average molecular weight is 275 g/mol. The number of benzene rings is 1. The molecule has 20 heavy (non-hydrogen) atoms. The van der Waals surface area contributed by atoms with Gasteiger partial charge in [0.2, 0.25) is 5.89 Å². The number of nitrogens with zero attached hydrogens (tertiary/aromatic N) is 2. The van der Waals surface area contributed by atoms with Gasteiger partial charge in [-0.3, -0.25) is 0 Å². The lowest BCUT2D eigenvalue weighted by atomic mass is 9.94. The third-order valence-electron chi connectivity index (χ3n) is 3.66. The van der Waals surface area contributed by atoms with E-state index in [1.165, 1.54) is 12.1 Å². The maximum absolute atomic E-state index is 13.0. The number of aromatic nitrogens is 2. The SMILES string of the molecule is CC(C)(NCc1noc(C2CC2)n1)c1ccc(F)cc1. The molecule has 0 radical (unpaired) electrons. The minimum atomic E-state index is -0.284. The molecule has 1 aromatic heterocycles. The van der Waals surface area contributed by atoms with E-state index >= 15 is 0 Å². The van der Waals surface area contributed by atoms with Crippen molar-refractivity contribution in [2.24, 2.45) is 0 Å². The van der Waals surface area contributed by atoms with Crippen LogP contribution in [0.2, 0.25) is 0 Å². The first-order valence-corrected chi connectivity index (χ1v) is 6.88. The summed E-state index contributed by atoms with van der Waals surface area (Å²) in [6, 6.07) is 6.51. The Hall–Kier alpha value is -1.75. The van der Waals surface area contributed by atoms with Crippen molar-refractivity contribution in [2.75, 3.05) is 0 Å². The van der Waals surface area contributed by atoms with E-state index in [4.69, 9.17) is 4.52 Å². The molecule has 5 heteroatoms. The molecule has 1 N–H and O–H groups in total. The van der Waals surface area contributed by atoms with Crippen molar-refractivity contribution in [3.05, 3.63) is 47.4 Å². The first-order chi connectivity index (χ1) is 9.54. The molecule has 1 aromatic carbocycles. The Morgan fingerprint density at radius 3 is 2.65 bits per heavy atom. The van der Waals surface area contributed by atoms with E-state index in [1.54, 1.807) is 12.1 Å². The van der Waals surface area contributed by atoms with Crippen molar-refractivity contribution in [1.29, 1.82) is 0 Å². The van der Waals surface area contributed by atoms with Crippen molar-refractivity contribution in [2.45, 2.75) is 44.7 Å². The maximum Gasteiger partial charge on any atom is 0.229 e. The first-order valence-electron chi connectivity index (χ1n) is 6.88. The summed E-state index contributed by atoms with van der Waals surface area (Å²) >= 11 is 0. The van der Waals surface area contributed by atoms with E-state index in [9.17, 15) is 4.39 Å². The summed E-state index contributed by atoms with van der Waals surface area (Å²) in [5.74, 6) is 1.67.